The van der Waals surface area contributed by atoms with Crippen molar-refractivity contribution in [2.45, 2.75) is 33.0 Å². The van der Waals surface area contributed by atoms with E-state index in [4.69, 9.17) is 18.6 Å². The maximum Gasteiger partial charge on any atom is 0.286 e. The second kappa shape index (κ2) is 9.74. The van der Waals surface area contributed by atoms with Gasteiger partial charge < -0.3 is 23.9 Å². The third-order valence-electron chi connectivity index (χ3n) is 3.38. The van der Waals surface area contributed by atoms with Gasteiger partial charge in [-0.15, -0.1) is 0 Å². The number of carbonyl (C=O) groups excluding carboxylic acids is 1. The molecule has 0 radical (unpaired) electrons. The van der Waals surface area contributed by atoms with Gasteiger partial charge in [0.25, 0.3) is 5.91 Å². The Hall–Kier alpha value is -2.47. The highest BCUT2D eigenvalue weighted by atomic mass is 16.5. The maximum absolute atomic E-state index is 12.0. The molecule has 6 heteroatoms. The molecular weight excluding hydrogens is 322 g/mol. The van der Waals surface area contributed by atoms with Crippen molar-refractivity contribution in [1.29, 1.82) is 0 Å². The van der Waals surface area contributed by atoms with Gasteiger partial charge in [0.05, 0.1) is 13.2 Å². The van der Waals surface area contributed by atoms with Gasteiger partial charge >= 0.3 is 0 Å². The Balaban J connectivity index is 1.74. The highest BCUT2D eigenvalue weighted by molar-refractivity contribution is 5.91. The number of amides is 1. The van der Waals surface area contributed by atoms with Crippen molar-refractivity contribution < 1.29 is 23.4 Å². The number of hydrogen-bond donors (Lipinski definition) is 1. The van der Waals surface area contributed by atoms with Crippen LogP contribution in [0.2, 0.25) is 0 Å². The largest absolute Gasteiger partial charge is 0.497 e. The number of benzene rings is 1. The predicted molar refractivity (Wildman–Crippen MR) is 94.1 cm³/mol. The van der Waals surface area contributed by atoms with E-state index in [1.54, 1.807) is 19.2 Å². The molecule has 0 aliphatic heterocycles. The van der Waals surface area contributed by atoms with E-state index in [2.05, 4.69) is 5.32 Å². The Morgan fingerprint density at radius 2 is 1.84 bits per heavy atom. The fourth-order valence-corrected chi connectivity index (χ4v) is 2.08. The zero-order valence-electron chi connectivity index (χ0n) is 14.9. The predicted octanol–water partition coefficient (Wildman–Crippen LogP) is 3.41. The molecule has 0 unspecified atom stereocenters. The average Bonchev–Trinajstić information content (AvgIpc) is 3.09. The Kier molecular flexibility index (Phi) is 7.35. The van der Waals surface area contributed by atoms with Gasteiger partial charge in [0.2, 0.25) is 0 Å². The zero-order chi connectivity index (χ0) is 18.1. The van der Waals surface area contributed by atoms with Gasteiger partial charge in [0.15, 0.2) is 5.76 Å². The van der Waals surface area contributed by atoms with Gasteiger partial charge in [-0.25, -0.2) is 0 Å². The topological polar surface area (TPSA) is 69.9 Å². The highest BCUT2D eigenvalue weighted by Gasteiger charge is 2.11. The molecule has 1 aromatic carbocycles. The van der Waals surface area contributed by atoms with Crippen molar-refractivity contribution in [3.8, 4) is 11.5 Å². The smallest absolute Gasteiger partial charge is 0.286 e. The van der Waals surface area contributed by atoms with Gasteiger partial charge in [-0.3, -0.25) is 4.79 Å². The summed E-state index contributed by atoms with van der Waals surface area (Å²) in [6.45, 7) is 5.39. The summed E-state index contributed by atoms with van der Waals surface area (Å²) < 4.78 is 21.7. The Morgan fingerprint density at radius 3 is 2.52 bits per heavy atom. The molecule has 0 aliphatic carbocycles. The standard InChI is InChI=1S/C19H25NO5/c1-14(2)23-12-4-11-20-19(21)18-10-9-17(25-18)13-24-16-7-5-15(22-3)6-8-16/h5-10,14H,4,11-13H2,1-3H3,(H,20,21). The second-order valence-electron chi connectivity index (χ2n) is 5.76. The monoisotopic (exact) mass is 347 g/mol. The lowest BCUT2D eigenvalue weighted by Crippen LogP contribution is -2.25. The minimum atomic E-state index is -0.236. The third-order valence-corrected chi connectivity index (χ3v) is 3.38. The summed E-state index contributed by atoms with van der Waals surface area (Å²) in [5.41, 5.74) is 0. The lowest BCUT2D eigenvalue weighted by Gasteiger charge is -2.07. The Bertz CT molecular complexity index is 648. The van der Waals surface area contributed by atoms with Gasteiger partial charge in [-0.1, -0.05) is 0 Å². The molecule has 136 valence electrons. The van der Waals surface area contributed by atoms with Crippen molar-refractivity contribution in [2.24, 2.45) is 0 Å². The van der Waals surface area contributed by atoms with Crippen molar-refractivity contribution in [2.75, 3.05) is 20.3 Å². The number of rotatable bonds is 10. The van der Waals surface area contributed by atoms with Gasteiger partial charge in [-0.2, -0.15) is 0 Å². The Morgan fingerprint density at radius 1 is 1.12 bits per heavy atom. The summed E-state index contributed by atoms with van der Waals surface area (Å²) >= 11 is 0. The molecule has 1 amide bonds. The summed E-state index contributed by atoms with van der Waals surface area (Å²) in [5, 5.41) is 2.81. The molecular formula is C19H25NO5. The molecule has 0 saturated heterocycles. The maximum atomic E-state index is 12.0. The molecule has 0 fully saturated rings. The van der Waals surface area contributed by atoms with E-state index >= 15 is 0 Å². The summed E-state index contributed by atoms with van der Waals surface area (Å²) in [7, 11) is 1.61. The zero-order valence-corrected chi connectivity index (χ0v) is 14.9. The van der Waals surface area contributed by atoms with Crippen molar-refractivity contribution in [3.05, 3.63) is 47.9 Å². The Labute approximate surface area is 148 Å². The van der Waals surface area contributed by atoms with Crippen molar-refractivity contribution in [3.63, 3.8) is 0 Å². The second-order valence-corrected chi connectivity index (χ2v) is 5.76. The van der Waals surface area contributed by atoms with Crippen LogP contribution in [0.15, 0.2) is 40.8 Å². The minimum Gasteiger partial charge on any atom is -0.497 e. The van der Waals surface area contributed by atoms with E-state index in [1.807, 2.05) is 38.1 Å². The van der Waals surface area contributed by atoms with E-state index in [1.165, 1.54) is 0 Å². The minimum absolute atomic E-state index is 0.203. The summed E-state index contributed by atoms with van der Waals surface area (Å²) in [6.07, 6.45) is 0.965. The van der Waals surface area contributed by atoms with Crippen LogP contribution in [0.5, 0.6) is 11.5 Å². The summed E-state index contributed by atoms with van der Waals surface area (Å²) in [6, 6.07) is 10.6. The van der Waals surface area contributed by atoms with E-state index in [0.29, 0.717) is 24.7 Å². The van der Waals surface area contributed by atoms with Crippen LogP contribution in [0.3, 0.4) is 0 Å². The fraction of sp³-hybridized carbons (Fsp3) is 0.421. The first kappa shape index (κ1) is 18.9. The molecule has 0 saturated carbocycles. The molecule has 0 atom stereocenters. The van der Waals surface area contributed by atoms with Crippen LogP contribution in [-0.4, -0.2) is 32.3 Å². The lowest BCUT2D eigenvalue weighted by atomic mass is 10.3. The molecule has 0 bridgehead atoms. The van der Waals surface area contributed by atoms with E-state index in [9.17, 15) is 4.79 Å². The van der Waals surface area contributed by atoms with Gasteiger partial charge in [-0.05, 0) is 56.7 Å². The first-order chi connectivity index (χ1) is 12.1. The van der Waals surface area contributed by atoms with E-state index in [-0.39, 0.29) is 24.4 Å². The van der Waals surface area contributed by atoms with Crippen LogP contribution in [-0.2, 0) is 11.3 Å². The van der Waals surface area contributed by atoms with Crippen molar-refractivity contribution in [1.82, 2.24) is 5.32 Å². The van der Waals surface area contributed by atoms with Crippen LogP contribution in [0.1, 0.15) is 36.6 Å². The first-order valence-corrected chi connectivity index (χ1v) is 8.34. The third kappa shape index (κ3) is 6.51. The van der Waals surface area contributed by atoms with E-state index < -0.39 is 0 Å². The molecule has 1 N–H and O–H groups in total. The van der Waals surface area contributed by atoms with Crippen molar-refractivity contribution >= 4 is 5.91 Å². The van der Waals surface area contributed by atoms with Gasteiger partial charge in [0, 0.05) is 13.2 Å². The molecule has 2 aromatic rings. The molecule has 1 heterocycles. The van der Waals surface area contributed by atoms with Crippen LogP contribution in [0, 0.1) is 0 Å². The number of nitrogens with one attached hydrogen (secondary N) is 1. The fourth-order valence-electron chi connectivity index (χ4n) is 2.08. The van der Waals surface area contributed by atoms with Gasteiger partial charge in [0.1, 0.15) is 23.9 Å². The first-order valence-electron chi connectivity index (χ1n) is 8.34. The normalized spacial score (nSPS) is 10.7. The van der Waals surface area contributed by atoms with Crippen LogP contribution < -0.4 is 14.8 Å². The molecule has 25 heavy (non-hydrogen) atoms. The number of ether oxygens (including phenoxy) is 3. The summed E-state index contributed by atoms with van der Waals surface area (Å²) in [4.78, 5) is 12.0. The molecule has 0 aliphatic rings. The summed E-state index contributed by atoms with van der Waals surface area (Å²) in [5.74, 6) is 2.10. The molecule has 0 spiro atoms. The average molecular weight is 347 g/mol. The number of methoxy groups -OCH3 is 1. The van der Waals surface area contributed by atoms with Crippen LogP contribution >= 0.6 is 0 Å². The molecule has 1 aromatic heterocycles. The molecule has 6 nitrogen and oxygen atoms in total. The highest BCUT2D eigenvalue weighted by Crippen LogP contribution is 2.18. The molecule has 2 rings (SSSR count). The lowest BCUT2D eigenvalue weighted by molar-refractivity contribution is 0.0753. The SMILES string of the molecule is COc1ccc(OCc2ccc(C(=O)NCCCOC(C)C)o2)cc1. The quantitative estimate of drug-likeness (QED) is 0.667. The number of furan rings is 1. The number of carbonyl (C=O) groups is 1. The van der Waals surface area contributed by atoms with Crippen LogP contribution in [0.4, 0.5) is 0 Å². The van der Waals surface area contributed by atoms with Crippen LogP contribution in [0.25, 0.3) is 0 Å². The number of hydrogen-bond acceptors (Lipinski definition) is 5. The van der Waals surface area contributed by atoms with E-state index in [0.717, 1.165) is 12.2 Å².